The van der Waals surface area contributed by atoms with Crippen LogP contribution in [0.2, 0.25) is 5.02 Å². The van der Waals surface area contributed by atoms with Gasteiger partial charge in [-0.25, -0.2) is 0 Å². The molecule has 0 unspecified atom stereocenters. The van der Waals surface area contributed by atoms with E-state index >= 15 is 0 Å². The summed E-state index contributed by atoms with van der Waals surface area (Å²) in [5, 5.41) is 4.88. The van der Waals surface area contributed by atoms with Gasteiger partial charge in [0.1, 0.15) is 11.5 Å². The third kappa shape index (κ3) is 5.97. The minimum Gasteiger partial charge on any atom is -0.495 e. The molecule has 0 radical (unpaired) electrons. The van der Waals surface area contributed by atoms with Crippen LogP contribution in [0, 0.1) is 0 Å². The molecule has 10 heteroatoms. The van der Waals surface area contributed by atoms with E-state index in [1.165, 1.54) is 24.5 Å². The number of hydrogen-bond acceptors (Lipinski definition) is 6. The Morgan fingerprint density at radius 2 is 1.74 bits per heavy atom. The third-order valence-electron chi connectivity index (χ3n) is 3.96. The van der Waals surface area contributed by atoms with Gasteiger partial charge in [0.25, 0.3) is 17.7 Å². The Morgan fingerprint density at radius 1 is 0.968 bits per heavy atom. The Hall–Kier alpha value is -3.56. The van der Waals surface area contributed by atoms with Crippen LogP contribution in [-0.4, -0.2) is 31.4 Å². The van der Waals surface area contributed by atoms with Crippen molar-refractivity contribution in [1.29, 1.82) is 0 Å². The summed E-state index contributed by atoms with van der Waals surface area (Å²) in [6.07, 6.45) is 0. The molecule has 0 spiro atoms. The molecule has 3 N–H and O–H groups in total. The normalized spacial score (nSPS) is 10.1. The molecule has 3 rings (SSSR count). The lowest BCUT2D eigenvalue weighted by Crippen LogP contribution is -2.41. The first kappa shape index (κ1) is 22.1. The molecule has 3 amide bonds. The third-order valence-corrected chi connectivity index (χ3v) is 5.07. The van der Waals surface area contributed by atoms with Crippen molar-refractivity contribution in [3.8, 4) is 11.5 Å². The SMILES string of the molecule is COc1cc(Cl)ccc1NC(=O)COc1ccccc1C(=O)NNC(=O)c1cccs1. The molecule has 2 aromatic carbocycles. The summed E-state index contributed by atoms with van der Waals surface area (Å²) in [5.74, 6) is -0.883. The van der Waals surface area contributed by atoms with Crippen molar-refractivity contribution in [2.24, 2.45) is 0 Å². The number of hydrogen-bond donors (Lipinski definition) is 3. The fourth-order valence-electron chi connectivity index (χ4n) is 2.53. The highest BCUT2D eigenvalue weighted by Gasteiger charge is 2.15. The topological polar surface area (TPSA) is 106 Å². The predicted octanol–water partition coefficient (Wildman–Crippen LogP) is 3.50. The van der Waals surface area contributed by atoms with Gasteiger partial charge in [0.15, 0.2) is 6.61 Å². The first-order valence-corrected chi connectivity index (χ1v) is 10.2. The van der Waals surface area contributed by atoms with E-state index in [1.807, 2.05) is 0 Å². The molecule has 0 fully saturated rings. The lowest BCUT2D eigenvalue weighted by molar-refractivity contribution is -0.118. The average molecular weight is 460 g/mol. The molecule has 160 valence electrons. The maximum absolute atomic E-state index is 12.5. The highest BCUT2D eigenvalue weighted by molar-refractivity contribution is 7.12. The number of thiophene rings is 1. The number of hydrazine groups is 1. The Balaban J connectivity index is 1.59. The van der Waals surface area contributed by atoms with Gasteiger partial charge in [-0.1, -0.05) is 29.8 Å². The average Bonchev–Trinajstić information content (AvgIpc) is 3.32. The number of halogens is 1. The van der Waals surface area contributed by atoms with Gasteiger partial charge in [-0.05, 0) is 35.7 Å². The second-order valence-electron chi connectivity index (χ2n) is 6.06. The van der Waals surface area contributed by atoms with E-state index < -0.39 is 17.7 Å². The minimum absolute atomic E-state index is 0.158. The van der Waals surface area contributed by atoms with E-state index in [-0.39, 0.29) is 17.9 Å². The maximum atomic E-state index is 12.5. The van der Waals surface area contributed by atoms with Crippen LogP contribution in [-0.2, 0) is 4.79 Å². The van der Waals surface area contributed by atoms with E-state index in [1.54, 1.807) is 53.9 Å². The van der Waals surface area contributed by atoms with Crippen molar-refractivity contribution in [1.82, 2.24) is 10.9 Å². The highest BCUT2D eigenvalue weighted by atomic mass is 35.5. The standard InChI is InChI=1S/C21H18ClN3O5S/c1-29-17-11-13(22)8-9-15(17)23-19(26)12-30-16-6-3-2-5-14(16)20(27)24-25-21(28)18-7-4-10-31-18/h2-11H,12H2,1H3,(H,23,26)(H,24,27)(H,25,28). The summed E-state index contributed by atoms with van der Waals surface area (Å²) < 4.78 is 10.7. The number of benzene rings is 2. The largest absolute Gasteiger partial charge is 0.495 e. The van der Waals surface area contributed by atoms with Crippen LogP contribution >= 0.6 is 22.9 Å². The molecule has 3 aromatic rings. The Labute approximate surface area is 187 Å². The lowest BCUT2D eigenvalue weighted by Gasteiger charge is -2.13. The van der Waals surface area contributed by atoms with Gasteiger partial charge >= 0.3 is 0 Å². The van der Waals surface area contributed by atoms with Gasteiger partial charge in [-0.2, -0.15) is 0 Å². The van der Waals surface area contributed by atoms with Crippen molar-refractivity contribution in [3.63, 3.8) is 0 Å². The molecule has 31 heavy (non-hydrogen) atoms. The van der Waals surface area contributed by atoms with Crippen LogP contribution in [0.4, 0.5) is 5.69 Å². The quantitative estimate of drug-likeness (QED) is 0.469. The van der Waals surface area contributed by atoms with Crippen molar-refractivity contribution >= 4 is 46.3 Å². The Bertz CT molecular complexity index is 1090. The smallest absolute Gasteiger partial charge is 0.279 e. The van der Waals surface area contributed by atoms with Crippen LogP contribution in [0.15, 0.2) is 60.0 Å². The van der Waals surface area contributed by atoms with Crippen LogP contribution in [0.1, 0.15) is 20.0 Å². The van der Waals surface area contributed by atoms with Crippen LogP contribution < -0.4 is 25.6 Å². The zero-order chi connectivity index (χ0) is 22.2. The fourth-order valence-corrected chi connectivity index (χ4v) is 3.31. The van der Waals surface area contributed by atoms with Gasteiger partial charge < -0.3 is 14.8 Å². The lowest BCUT2D eigenvalue weighted by atomic mass is 10.2. The molecular formula is C21H18ClN3O5S. The van der Waals surface area contributed by atoms with Crippen molar-refractivity contribution < 1.29 is 23.9 Å². The van der Waals surface area contributed by atoms with Crippen LogP contribution in [0.3, 0.4) is 0 Å². The zero-order valence-electron chi connectivity index (χ0n) is 16.3. The second kappa shape index (κ2) is 10.5. The predicted molar refractivity (Wildman–Crippen MR) is 118 cm³/mol. The van der Waals surface area contributed by atoms with Gasteiger partial charge in [-0.3, -0.25) is 25.2 Å². The van der Waals surface area contributed by atoms with Crippen molar-refractivity contribution in [3.05, 3.63) is 75.4 Å². The number of nitrogens with one attached hydrogen (secondary N) is 3. The first-order valence-electron chi connectivity index (χ1n) is 8.97. The van der Waals surface area contributed by atoms with Gasteiger partial charge in [-0.15, -0.1) is 11.3 Å². The summed E-state index contributed by atoms with van der Waals surface area (Å²) in [7, 11) is 1.46. The summed E-state index contributed by atoms with van der Waals surface area (Å²) in [5.41, 5.74) is 5.26. The molecule has 0 saturated carbocycles. The van der Waals surface area contributed by atoms with Crippen LogP contribution in [0.5, 0.6) is 11.5 Å². The zero-order valence-corrected chi connectivity index (χ0v) is 17.9. The van der Waals surface area contributed by atoms with Gasteiger partial charge in [0, 0.05) is 11.1 Å². The second-order valence-corrected chi connectivity index (χ2v) is 7.45. The molecule has 0 aliphatic carbocycles. The van der Waals surface area contributed by atoms with Crippen molar-refractivity contribution in [2.75, 3.05) is 19.0 Å². The fraction of sp³-hybridized carbons (Fsp3) is 0.0952. The van der Waals surface area contributed by atoms with Gasteiger partial charge in [0.05, 0.1) is 23.2 Å². The van der Waals surface area contributed by atoms with E-state index in [4.69, 9.17) is 21.1 Å². The monoisotopic (exact) mass is 459 g/mol. The number of rotatable bonds is 7. The molecule has 0 saturated heterocycles. The first-order chi connectivity index (χ1) is 15.0. The van der Waals surface area contributed by atoms with Gasteiger partial charge in [0.2, 0.25) is 0 Å². The van der Waals surface area contributed by atoms with Crippen LogP contribution in [0.25, 0.3) is 0 Å². The number of carbonyl (C=O) groups excluding carboxylic acids is 3. The molecule has 0 atom stereocenters. The number of ether oxygens (including phenoxy) is 2. The van der Waals surface area contributed by atoms with E-state index in [0.29, 0.717) is 21.3 Å². The van der Waals surface area contributed by atoms with Crippen molar-refractivity contribution in [2.45, 2.75) is 0 Å². The number of methoxy groups -OCH3 is 1. The molecule has 1 aromatic heterocycles. The molecule has 8 nitrogen and oxygen atoms in total. The number of carbonyl (C=O) groups is 3. The minimum atomic E-state index is -0.583. The molecular weight excluding hydrogens is 442 g/mol. The maximum Gasteiger partial charge on any atom is 0.279 e. The number of para-hydroxylation sites is 1. The van der Waals surface area contributed by atoms with E-state index in [0.717, 1.165) is 0 Å². The highest BCUT2D eigenvalue weighted by Crippen LogP contribution is 2.27. The molecule has 0 bridgehead atoms. The Morgan fingerprint density at radius 3 is 2.48 bits per heavy atom. The van der Waals surface area contributed by atoms with E-state index in [9.17, 15) is 14.4 Å². The number of amides is 3. The summed E-state index contributed by atoms with van der Waals surface area (Å²) >= 11 is 7.16. The summed E-state index contributed by atoms with van der Waals surface area (Å²) in [6, 6.07) is 14.5. The molecule has 0 aliphatic heterocycles. The number of anilines is 1. The summed E-state index contributed by atoms with van der Waals surface area (Å²) in [4.78, 5) is 37.2. The van der Waals surface area contributed by atoms with E-state index in [2.05, 4.69) is 16.2 Å². The Kier molecular flexibility index (Phi) is 7.47. The molecule has 0 aliphatic rings. The molecule has 1 heterocycles. The summed E-state index contributed by atoms with van der Waals surface area (Å²) in [6.45, 7) is -0.350.